The second-order valence-corrected chi connectivity index (χ2v) is 5.53. The lowest BCUT2D eigenvalue weighted by molar-refractivity contribution is -0.140. The number of nitrogens with two attached hydrogens (primary N) is 1. The van der Waals surface area contributed by atoms with Gasteiger partial charge in [0.15, 0.2) is 0 Å². The molecule has 0 aliphatic rings. The first-order chi connectivity index (χ1) is 8.88. The summed E-state index contributed by atoms with van der Waals surface area (Å²) in [7, 11) is 1.34. The molecule has 1 aromatic carbocycles. The molecule has 0 aromatic heterocycles. The molecule has 3 nitrogen and oxygen atoms in total. The van der Waals surface area contributed by atoms with Gasteiger partial charge in [0.1, 0.15) is 0 Å². The topological polar surface area (TPSA) is 52.3 Å². The van der Waals surface area contributed by atoms with Gasteiger partial charge in [0.05, 0.1) is 22.2 Å². The van der Waals surface area contributed by atoms with Crippen LogP contribution in [0.5, 0.6) is 0 Å². The van der Waals surface area contributed by atoms with Gasteiger partial charge in [0.25, 0.3) is 0 Å². The van der Waals surface area contributed by atoms with Crippen LogP contribution in [0.1, 0.15) is 30.9 Å². The molecule has 1 rings (SSSR count). The van der Waals surface area contributed by atoms with E-state index in [1.54, 1.807) is 0 Å². The van der Waals surface area contributed by atoms with E-state index in [1.807, 2.05) is 0 Å². The van der Waals surface area contributed by atoms with Crippen LogP contribution in [0.3, 0.4) is 0 Å². The van der Waals surface area contributed by atoms with Crippen molar-refractivity contribution in [2.24, 2.45) is 5.73 Å². The van der Waals surface area contributed by atoms with Crippen molar-refractivity contribution in [1.82, 2.24) is 0 Å². The van der Waals surface area contributed by atoms with E-state index in [4.69, 9.17) is 52.1 Å². The van der Waals surface area contributed by atoms with E-state index < -0.39 is 6.04 Å². The minimum atomic E-state index is -0.417. The Hall–Kier alpha value is -0.190. The van der Waals surface area contributed by atoms with Crippen molar-refractivity contribution in [3.8, 4) is 0 Å². The lowest BCUT2D eigenvalue weighted by atomic mass is 10.0. The van der Waals surface area contributed by atoms with Crippen LogP contribution in [0.25, 0.3) is 0 Å². The Bertz CT molecular complexity index is 479. The molecule has 0 saturated carbocycles. The third-order valence-electron chi connectivity index (χ3n) is 2.64. The summed E-state index contributed by atoms with van der Waals surface area (Å²) in [6, 6.07) is 1.09. The lowest BCUT2D eigenvalue weighted by Gasteiger charge is -2.16. The third kappa shape index (κ3) is 4.40. The molecule has 1 aromatic rings. The number of ether oxygens (including phenoxy) is 1. The van der Waals surface area contributed by atoms with Gasteiger partial charge in [-0.05, 0) is 18.9 Å². The van der Waals surface area contributed by atoms with Gasteiger partial charge in [-0.25, -0.2) is 0 Å². The number of rotatable bonds is 5. The second-order valence-electron chi connectivity index (χ2n) is 3.96. The summed E-state index contributed by atoms with van der Waals surface area (Å²) in [6.45, 7) is 0. The molecule has 0 heterocycles. The van der Waals surface area contributed by atoms with Crippen molar-refractivity contribution < 1.29 is 9.53 Å². The summed E-state index contributed by atoms with van der Waals surface area (Å²) in [5.41, 5.74) is 6.56. The Morgan fingerprint density at radius 1 is 1.26 bits per heavy atom. The molecule has 2 N–H and O–H groups in total. The Morgan fingerprint density at radius 2 is 1.89 bits per heavy atom. The first-order valence-electron chi connectivity index (χ1n) is 5.53. The number of carbonyl (C=O) groups is 1. The van der Waals surface area contributed by atoms with Crippen molar-refractivity contribution in [3.63, 3.8) is 0 Å². The summed E-state index contributed by atoms with van der Waals surface area (Å²) in [4.78, 5) is 11.0. The first kappa shape index (κ1) is 16.9. The average molecular weight is 345 g/mol. The Morgan fingerprint density at radius 3 is 2.47 bits per heavy atom. The molecule has 0 aliphatic heterocycles. The van der Waals surface area contributed by atoms with Crippen LogP contribution in [0, 0.1) is 0 Å². The molecule has 0 spiro atoms. The molecular weight excluding hydrogens is 332 g/mol. The quantitative estimate of drug-likeness (QED) is 0.480. The molecule has 1 unspecified atom stereocenters. The van der Waals surface area contributed by atoms with Crippen molar-refractivity contribution in [3.05, 3.63) is 31.7 Å². The Labute approximate surface area is 131 Å². The predicted octanol–water partition coefficient (Wildman–Crippen LogP) is 4.64. The minimum absolute atomic E-state index is 0.228. The maximum Gasteiger partial charge on any atom is 0.305 e. The standard InChI is InChI=1S/C12H13Cl4NO2/c1-19-9(18)4-2-3-8(17)10-6(13)5-7(14)11(15)12(10)16/h5,8H,2-4,17H2,1H3. The predicted molar refractivity (Wildman–Crippen MR) is 79.3 cm³/mol. The van der Waals surface area contributed by atoms with Gasteiger partial charge < -0.3 is 10.5 Å². The van der Waals surface area contributed by atoms with Gasteiger partial charge in [-0.15, -0.1) is 0 Å². The fourth-order valence-electron chi connectivity index (χ4n) is 1.63. The highest BCUT2D eigenvalue weighted by molar-refractivity contribution is 6.49. The van der Waals surface area contributed by atoms with E-state index in [0.717, 1.165) is 0 Å². The highest BCUT2D eigenvalue weighted by atomic mass is 35.5. The van der Waals surface area contributed by atoms with Gasteiger partial charge in [0.2, 0.25) is 0 Å². The molecule has 0 bridgehead atoms. The van der Waals surface area contributed by atoms with Crippen LogP contribution in [0.15, 0.2) is 6.07 Å². The van der Waals surface area contributed by atoms with Gasteiger partial charge in [0, 0.05) is 23.0 Å². The highest BCUT2D eigenvalue weighted by Crippen LogP contribution is 2.40. The number of methoxy groups -OCH3 is 1. The van der Waals surface area contributed by atoms with Crippen LogP contribution in [0.2, 0.25) is 20.1 Å². The monoisotopic (exact) mass is 343 g/mol. The zero-order chi connectivity index (χ0) is 14.6. The highest BCUT2D eigenvalue weighted by Gasteiger charge is 2.19. The van der Waals surface area contributed by atoms with Crippen molar-refractivity contribution in [2.75, 3.05) is 7.11 Å². The molecule has 7 heteroatoms. The molecule has 1 atom stereocenters. The molecule has 0 fully saturated rings. The van der Waals surface area contributed by atoms with E-state index in [1.165, 1.54) is 13.2 Å². The second kappa shape index (κ2) is 7.55. The van der Waals surface area contributed by atoms with E-state index in [-0.39, 0.29) is 21.0 Å². The molecule has 0 saturated heterocycles. The zero-order valence-electron chi connectivity index (χ0n) is 10.2. The Kier molecular flexibility index (Phi) is 6.71. The summed E-state index contributed by atoms with van der Waals surface area (Å²) in [6.07, 6.45) is 1.40. The number of halogens is 4. The van der Waals surface area contributed by atoms with Crippen LogP contribution in [-0.2, 0) is 9.53 Å². The third-order valence-corrected chi connectivity index (χ3v) is 4.23. The number of carbonyl (C=O) groups excluding carboxylic acids is 1. The molecule has 19 heavy (non-hydrogen) atoms. The van der Waals surface area contributed by atoms with Crippen LogP contribution in [-0.4, -0.2) is 13.1 Å². The van der Waals surface area contributed by atoms with Crippen molar-refractivity contribution >= 4 is 52.4 Å². The van der Waals surface area contributed by atoms with Crippen LogP contribution >= 0.6 is 46.4 Å². The normalized spacial score (nSPS) is 12.3. The average Bonchev–Trinajstić information content (AvgIpc) is 2.35. The van der Waals surface area contributed by atoms with Gasteiger partial charge in [-0.2, -0.15) is 0 Å². The van der Waals surface area contributed by atoms with E-state index in [0.29, 0.717) is 29.8 Å². The number of hydrogen-bond donors (Lipinski definition) is 1. The van der Waals surface area contributed by atoms with Gasteiger partial charge >= 0.3 is 5.97 Å². The van der Waals surface area contributed by atoms with Crippen molar-refractivity contribution in [2.45, 2.75) is 25.3 Å². The summed E-state index contributed by atoms with van der Waals surface area (Å²) < 4.78 is 4.55. The summed E-state index contributed by atoms with van der Waals surface area (Å²) in [5.74, 6) is -0.279. The summed E-state index contributed by atoms with van der Waals surface area (Å²) in [5, 5.41) is 1.13. The zero-order valence-corrected chi connectivity index (χ0v) is 13.2. The number of benzene rings is 1. The first-order valence-corrected chi connectivity index (χ1v) is 7.05. The number of hydrogen-bond acceptors (Lipinski definition) is 3. The number of esters is 1. The maximum absolute atomic E-state index is 11.0. The maximum atomic E-state index is 11.0. The molecular formula is C12H13Cl4NO2. The van der Waals surface area contributed by atoms with Crippen LogP contribution < -0.4 is 5.73 Å². The van der Waals surface area contributed by atoms with E-state index in [9.17, 15) is 4.79 Å². The SMILES string of the molecule is COC(=O)CCCC(N)c1c(Cl)cc(Cl)c(Cl)c1Cl. The summed E-state index contributed by atoms with van der Waals surface area (Å²) >= 11 is 24.0. The molecule has 0 amide bonds. The molecule has 0 aliphatic carbocycles. The van der Waals surface area contributed by atoms with Crippen LogP contribution in [0.4, 0.5) is 0 Å². The van der Waals surface area contributed by atoms with Gasteiger partial charge in [-0.3, -0.25) is 4.79 Å². The fraction of sp³-hybridized carbons (Fsp3) is 0.417. The lowest BCUT2D eigenvalue weighted by Crippen LogP contribution is -2.13. The molecule has 106 valence electrons. The Balaban J connectivity index is 2.80. The van der Waals surface area contributed by atoms with Crippen molar-refractivity contribution in [1.29, 1.82) is 0 Å². The largest absolute Gasteiger partial charge is 0.469 e. The van der Waals surface area contributed by atoms with Gasteiger partial charge in [-0.1, -0.05) is 46.4 Å². The fourth-order valence-corrected chi connectivity index (χ4v) is 2.83. The molecule has 0 radical (unpaired) electrons. The van der Waals surface area contributed by atoms with E-state index >= 15 is 0 Å². The minimum Gasteiger partial charge on any atom is -0.469 e. The smallest absolute Gasteiger partial charge is 0.305 e. The van der Waals surface area contributed by atoms with E-state index in [2.05, 4.69) is 4.74 Å².